The molecule has 1 heterocycles. The van der Waals surface area contributed by atoms with Crippen molar-refractivity contribution in [3.63, 3.8) is 0 Å². The van der Waals surface area contributed by atoms with Crippen LogP contribution in [0.4, 0.5) is 0 Å². The molecule has 1 saturated carbocycles. The van der Waals surface area contributed by atoms with Gasteiger partial charge in [0.2, 0.25) is 5.91 Å². The van der Waals surface area contributed by atoms with Crippen LogP contribution in [0.15, 0.2) is 0 Å². The number of nitrogens with one attached hydrogen (secondary N) is 1. The van der Waals surface area contributed by atoms with E-state index in [1.165, 1.54) is 0 Å². The molecule has 140 valence electrons. The molecule has 3 atom stereocenters. The average Bonchev–Trinajstić information content (AvgIpc) is 2.81. The van der Waals surface area contributed by atoms with Gasteiger partial charge in [0.1, 0.15) is 11.6 Å². The number of amides is 1. The van der Waals surface area contributed by atoms with Crippen LogP contribution in [0.25, 0.3) is 0 Å². The molecule has 1 aliphatic rings. The highest BCUT2D eigenvalue weighted by atomic mass is 35.5. The van der Waals surface area contributed by atoms with Crippen molar-refractivity contribution in [2.45, 2.75) is 58.2 Å². The molecule has 24 heavy (non-hydrogen) atoms. The van der Waals surface area contributed by atoms with Gasteiger partial charge in [-0.1, -0.05) is 0 Å². The largest absolute Gasteiger partial charge is 0.380 e. The van der Waals surface area contributed by atoms with Gasteiger partial charge in [0, 0.05) is 32.2 Å². The first kappa shape index (κ1) is 23.1. The number of aromatic nitrogens is 3. The Morgan fingerprint density at radius 3 is 2.62 bits per heavy atom. The number of carbonyl (C=O) groups excluding carboxylic acids is 1. The fourth-order valence-electron chi connectivity index (χ4n) is 3.07. The van der Waals surface area contributed by atoms with Gasteiger partial charge in [-0.05, 0) is 39.5 Å². The van der Waals surface area contributed by atoms with Crippen molar-refractivity contribution in [2.75, 3.05) is 13.7 Å². The van der Waals surface area contributed by atoms with Gasteiger partial charge in [-0.15, -0.1) is 24.8 Å². The second-order valence-corrected chi connectivity index (χ2v) is 6.02. The summed E-state index contributed by atoms with van der Waals surface area (Å²) < 4.78 is 7.20. The van der Waals surface area contributed by atoms with Gasteiger partial charge in [0.15, 0.2) is 0 Å². The number of methoxy groups -OCH3 is 1. The summed E-state index contributed by atoms with van der Waals surface area (Å²) in [6.45, 7) is 5.23. The number of ether oxygens (including phenoxy) is 1. The summed E-state index contributed by atoms with van der Waals surface area (Å²) in [7, 11) is 1.68. The first-order chi connectivity index (χ1) is 10.5. The number of nitrogens with zero attached hydrogens (tertiary/aromatic N) is 3. The van der Waals surface area contributed by atoms with Crippen molar-refractivity contribution in [2.24, 2.45) is 11.7 Å². The maximum Gasteiger partial charge on any atom is 0.223 e. The quantitative estimate of drug-likeness (QED) is 0.725. The Morgan fingerprint density at radius 1 is 1.38 bits per heavy atom. The van der Waals surface area contributed by atoms with Crippen LogP contribution in [0.5, 0.6) is 0 Å². The first-order valence-corrected chi connectivity index (χ1v) is 7.95. The predicted octanol–water partition coefficient (Wildman–Crippen LogP) is 1.39. The molecule has 1 amide bonds. The Hall–Kier alpha value is -0.890. The van der Waals surface area contributed by atoms with Crippen molar-refractivity contribution in [3.8, 4) is 0 Å². The third-order valence-electron chi connectivity index (χ3n) is 4.32. The lowest BCUT2D eigenvalue weighted by atomic mass is 9.83. The molecule has 3 N–H and O–H groups in total. The van der Waals surface area contributed by atoms with Gasteiger partial charge < -0.3 is 15.8 Å². The van der Waals surface area contributed by atoms with E-state index in [0.29, 0.717) is 13.0 Å². The van der Waals surface area contributed by atoms with Crippen LogP contribution in [-0.4, -0.2) is 46.5 Å². The average molecular weight is 382 g/mol. The second kappa shape index (κ2) is 10.9. The fraction of sp³-hybridized carbons (Fsp3) is 0.800. The van der Waals surface area contributed by atoms with Crippen LogP contribution in [-0.2, 0) is 16.1 Å². The normalized spacial score (nSPS) is 23.1. The monoisotopic (exact) mass is 381 g/mol. The van der Waals surface area contributed by atoms with Gasteiger partial charge in [-0.25, -0.2) is 4.98 Å². The lowest BCUT2D eigenvalue weighted by molar-refractivity contribution is -0.127. The van der Waals surface area contributed by atoms with Crippen molar-refractivity contribution in [1.82, 2.24) is 20.1 Å². The molecule has 0 aliphatic heterocycles. The molecular formula is C15H29Cl2N5O2. The van der Waals surface area contributed by atoms with Gasteiger partial charge in [0.25, 0.3) is 0 Å². The van der Waals surface area contributed by atoms with E-state index in [9.17, 15) is 4.79 Å². The fourth-order valence-corrected chi connectivity index (χ4v) is 3.07. The molecule has 0 saturated heterocycles. The van der Waals surface area contributed by atoms with Crippen LogP contribution in [0.1, 0.15) is 37.3 Å². The zero-order valence-corrected chi connectivity index (χ0v) is 16.2. The topological polar surface area (TPSA) is 95.1 Å². The summed E-state index contributed by atoms with van der Waals surface area (Å²) in [4.78, 5) is 16.4. The number of carbonyl (C=O) groups is 1. The number of rotatable bonds is 6. The summed E-state index contributed by atoms with van der Waals surface area (Å²) in [5, 5.41) is 7.31. The highest BCUT2D eigenvalue weighted by Gasteiger charge is 2.31. The lowest BCUT2D eigenvalue weighted by Gasteiger charge is -2.32. The summed E-state index contributed by atoms with van der Waals surface area (Å²) in [5.41, 5.74) is 6.04. The maximum absolute atomic E-state index is 12.2. The first-order valence-electron chi connectivity index (χ1n) is 7.95. The highest BCUT2D eigenvalue weighted by Crippen LogP contribution is 2.25. The zero-order chi connectivity index (χ0) is 16.1. The van der Waals surface area contributed by atoms with E-state index < -0.39 is 0 Å². The molecule has 0 bridgehead atoms. The molecule has 0 unspecified atom stereocenters. The van der Waals surface area contributed by atoms with Crippen molar-refractivity contribution in [1.29, 1.82) is 0 Å². The zero-order valence-electron chi connectivity index (χ0n) is 14.5. The van der Waals surface area contributed by atoms with E-state index in [0.717, 1.165) is 37.5 Å². The van der Waals surface area contributed by atoms with Crippen molar-refractivity contribution < 1.29 is 9.53 Å². The Balaban J connectivity index is 0.00000264. The summed E-state index contributed by atoms with van der Waals surface area (Å²) in [6, 6.07) is -0.0460. The third kappa shape index (κ3) is 6.20. The minimum Gasteiger partial charge on any atom is -0.380 e. The molecule has 0 spiro atoms. The summed E-state index contributed by atoms with van der Waals surface area (Å²) >= 11 is 0. The Labute approximate surface area is 155 Å². The van der Waals surface area contributed by atoms with Crippen LogP contribution >= 0.6 is 24.8 Å². The van der Waals surface area contributed by atoms with Gasteiger partial charge >= 0.3 is 0 Å². The Bertz CT molecular complexity index is 512. The van der Waals surface area contributed by atoms with Crippen LogP contribution in [0.3, 0.4) is 0 Å². The molecule has 9 heteroatoms. The van der Waals surface area contributed by atoms with Crippen molar-refractivity contribution in [3.05, 3.63) is 11.6 Å². The Morgan fingerprint density at radius 2 is 2.08 bits per heavy atom. The molecule has 1 aromatic rings. The van der Waals surface area contributed by atoms with Gasteiger partial charge in [0.05, 0.1) is 6.10 Å². The van der Waals surface area contributed by atoms with Gasteiger partial charge in [-0.3, -0.25) is 9.48 Å². The number of hydrogen-bond donors (Lipinski definition) is 2. The van der Waals surface area contributed by atoms with Gasteiger partial charge in [-0.2, -0.15) is 5.10 Å². The van der Waals surface area contributed by atoms with Crippen LogP contribution in [0.2, 0.25) is 0 Å². The lowest BCUT2D eigenvalue weighted by Crippen LogP contribution is -2.45. The number of halogens is 2. The summed E-state index contributed by atoms with van der Waals surface area (Å²) in [5.74, 6) is 1.81. The van der Waals surface area contributed by atoms with E-state index in [1.54, 1.807) is 7.11 Å². The molecule has 1 fully saturated rings. The molecule has 0 aromatic carbocycles. The van der Waals surface area contributed by atoms with Crippen LogP contribution < -0.4 is 11.1 Å². The second-order valence-electron chi connectivity index (χ2n) is 6.02. The van der Waals surface area contributed by atoms with E-state index >= 15 is 0 Å². The molecule has 1 aliphatic carbocycles. The molecule has 1 aromatic heterocycles. The number of nitrogens with two attached hydrogens (primary N) is 1. The number of hydrogen-bond acceptors (Lipinski definition) is 5. The molecule has 7 nitrogen and oxygen atoms in total. The molecular weight excluding hydrogens is 353 g/mol. The third-order valence-corrected chi connectivity index (χ3v) is 4.32. The predicted molar refractivity (Wildman–Crippen MR) is 97.7 cm³/mol. The SMILES string of the molecule is CO[C@@H]1CC[C@H](C(=O)NCCCn2nc(C)nc2C)C[C@H]1N.Cl.Cl. The minimum atomic E-state index is -0.0460. The molecule has 0 radical (unpaired) electrons. The van der Waals surface area contributed by atoms with E-state index in [4.69, 9.17) is 10.5 Å². The van der Waals surface area contributed by atoms with Crippen LogP contribution in [0, 0.1) is 19.8 Å². The number of aryl methyl sites for hydroxylation is 3. The molecule has 2 rings (SSSR count). The minimum absolute atomic E-state index is 0. The van der Waals surface area contributed by atoms with Crippen molar-refractivity contribution >= 4 is 30.7 Å². The Kier molecular flexibility index (Phi) is 10.5. The van der Waals surface area contributed by atoms with E-state index in [1.807, 2.05) is 18.5 Å². The maximum atomic E-state index is 12.2. The van der Waals surface area contributed by atoms with E-state index in [2.05, 4.69) is 15.4 Å². The highest BCUT2D eigenvalue weighted by molar-refractivity contribution is 5.85. The van der Waals surface area contributed by atoms with E-state index in [-0.39, 0.29) is 48.8 Å². The smallest absolute Gasteiger partial charge is 0.223 e. The standard InChI is InChI=1S/C15H27N5O2.2ClH/c1-10-18-11(2)20(19-10)8-4-7-17-15(21)12-5-6-14(22-3)13(16)9-12;;/h12-14H,4-9,16H2,1-3H3,(H,17,21);2*1H/t12-,13+,14+;;/m0../s1. The summed E-state index contributed by atoms with van der Waals surface area (Å²) in [6.07, 6.45) is 3.33.